The first-order valence-electron chi connectivity index (χ1n) is 44.8. The van der Waals surface area contributed by atoms with Crippen molar-refractivity contribution in [3.8, 4) is 0 Å². The van der Waals surface area contributed by atoms with E-state index in [1.807, 2.05) is 0 Å². The van der Waals surface area contributed by atoms with Crippen molar-refractivity contribution in [3.05, 3.63) is 0 Å². The molecule has 0 aliphatic carbocycles. The van der Waals surface area contributed by atoms with Crippen LogP contribution in [0.15, 0.2) is 0 Å². The van der Waals surface area contributed by atoms with Gasteiger partial charge in [-0.25, -0.2) is 9.13 Å². The standard InChI is InChI=1S/C86H168O17P2/c1-5-9-13-17-21-25-29-33-36-38-40-42-44-48-51-55-59-63-67-71-84(89)97-77-82(103-86(91)73-69-65-61-57-53-49-45-43-41-39-37-34-30-26-22-18-14-10-6-2)79-101-105(94,95)99-75-80(87)74-98-104(92,93)100-78-81(76-96-83(88)70-66-62-58-54-50-46-32-28-24-20-16-12-8-4)102-85(90)72-68-64-60-56-52-47-35-31-27-23-19-15-11-7-3/h80-82,87H,5-79H2,1-4H3,(H,92,93)(H,94,95)/t80-,81+,82+/m0/s1. The molecular weight excluding hydrogens is 1370 g/mol. The Labute approximate surface area is 645 Å². The summed E-state index contributed by atoms with van der Waals surface area (Å²) in [5.74, 6) is -2.09. The number of carbonyl (C=O) groups excluding carboxylic acids is 4. The highest BCUT2D eigenvalue weighted by Crippen LogP contribution is 2.45. The zero-order valence-corrected chi connectivity index (χ0v) is 70.5. The van der Waals surface area contributed by atoms with E-state index in [0.29, 0.717) is 25.7 Å². The molecule has 0 bridgehead atoms. The maximum absolute atomic E-state index is 13.2. The molecule has 0 rings (SSSR count). The molecule has 0 aromatic rings. The molecule has 0 saturated heterocycles. The van der Waals surface area contributed by atoms with E-state index < -0.39 is 97.5 Å². The summed E-state index contributed by atoms with van der Waals surface area (Å²) in [6.07, 6.45) is 74.9. The summed E-state index contributed by atoms with van der Waals surface area (Å²) < 4.78 is 68.9. The molecule has 0 radical (unpaired) electrons. The number of carbonyl (C=O) groups is 4. The van der Waals surface area contributed by atoms with Crippen molar-refractivity contribution in [1.29, 1.82) is 0 Å². The number of unbranched alkanes of at least 4 members (excludes halogenated alkanes) is 61. The van der Waals surface area contributed by atoms with E-state index in [-0.39, 0.29) is 25.7 Å². The van der Waals surface area contributed by atoms with E-state index in [2.05, 4.69) is 27.7 Å². The van der Waals surface area contributed by atoms with E-state index in [1.165, 1.54) is 302 Å². The van der Waals surface area contributed by atoms with Gasteiger partial charge >= 0.3 is 39.5 Å². The fourth-order valence-corrected chi connectivity index (χ4v) is 15.1. The number of rotatable bonds is 87. The number of hydrogen-bond donors (Lipinski definition) is 3. The Morgan fingerprint density at radius 1 is 0.229 bits per heavy atom. The number of hydrogen-bond acceptors (Lipinski definition) is 15. The third-order valence-corrected chi connectivity index (χ3v) is 22.3. The topological polar surface area (TPSA) is 237 Å². The Hall–Kier alpha value is -1.94. The van der Waals surface area contributed by atoms with Crippen LogP contribution in [0.25, 0.3) is 0 Å². The molecule has 0 amide bonds. The van der Waals surface area contributed by atoms with Crippen LogP contribution in [0.5, 0.6) is 0 Å². The Morgan fingerprint density at radius 2 is 0.381 bits per heavy atom. The van der Waals surface area contributed by atoms with Crippen LogP contribution < -0.4 is 0 Å². The minimum Gasteiger partial charge on any atom is -0.462 e. The van der Waals surface area contributed by atoms with Crippen LogP contribution in [-0.4, -0.2) is 96.7 Å². The normalized spacial score (nSPS) is 13.7. The van der Waals surface area contributed by atoms with E-state index in [9.17, 15) is 43.2 Å². The molecule has 17 nitrogen and oxygen atoms in total. The quantitative estimate of drug-likeness (QED) is 0.0222. The van der Waals surface area contributed by atoms with Crippen molar-refractivity contribution >= 4 is 39.5 Å². The lowest BCUT2D eigenvalue weighted by Crippen LogP contribution is -2.30. The molecule has 0 aromatic heterocycles. The number of aliphatic hydroxyl groups excluding tert-OH is 1. The predicted molar refractivity (Wildman–Crippen MR) is 432 cm³/mol. The highest BCUT2D eigenvalue weighted by molar-refractivity contribution is 7.47. The van der Waals surface area contributed by atoms with Gasteiger partial charge in [-0.3, -0.25) is 37.3 Å². The summed E-state index contributed by atoms with van der Waals surface area (Å²) in [4.78, 5) is 73.3. The Morgan fingerprint density at radius 3 is 0.562 bits per heavy atom. The third kappa shape index (κ3) is 79.9. The molecule has 0 fully saturated rings. The minimum atomic E-state index is -4.96. The first kappa shape index (κ1) is 103. The summed E-state index contributed by atoms with van der Waals surface area (Å²) in [6, 6.07) is 0. The molecule has 0 saturated carbocycles. The molecule has 0 aliphatic heterocycles. The number of phosphoric ester groups is 2. The third-order valence-electron chi connectivity index (χ3n) is 20.4. The van der Waals surface area contributed by atoms with Crippen molar-refractivity contribution in [3.63, 3.8) is 0 Å². The van der Waals surface area contributed by atoms with E-state index in [4.69, 9.17) is 37.0 Å². The van der Waals surface area contributed by atoms with Gasteiger partial charge in [0.15, 0.2) is 12.2 Å². The van der Waals surface area contributed by atoms with Crippen LogP contribution in [0, 0.1) is 0 Å². The SMILES string of the molecule is CCCCCCCCCCCCCCCCCCCCCC(=O)OC[C@H](COP(=O)(O)OC[C@@H](O)COP(=O)(O)OC[C@@H](COC(=O)CCCCCCCCCCCCCCC)OC(=O)CCCCCCCCCCCCCCCC)OC(=O)CCCCCCCCCCCCCCCCCCCCC. The predicted octanol–water partition coefficient (Wildman–Crippen LogP) is 26.5. The van der Waals surface area contributed by atoms with Crippen LogP contribution in [0.3, 0.4) is 0 Å². The van der Waals surface area contributed by atoms with Crippen LogP contribution in [0.4, 0.5) is 0 Å². The summed E-state index contributed by atoms with van der Waals surface area (Å²) >= 11 is 0. The van der Waals surface area contributed by atoms with Crippen molar-refractivity contribution in [2.75, 3.05) is 39.6 Å². The monoisotopic (exact) mass is 1540 g/mol. The van der Waals surface area contributed by atoms with Crippen LogP contribution in [-0.2, 0) is 65.4 Å². The number of phosphoric acid groups is 2. The summed E-state index contributed by atoms with van der Waals surface area (Å²) in [5, 5.41) is 10.7. The fourth-order valence-electron chi connectivity index (χ4n) is 13.5. The molecule has 105 heavy (non-hydrogen) atoms. The molecule has 0 aliphatic rings. The molecule has 19 heteroatoms. The molecule has 624 valence electrons. The van der Waals surface area contributed by atoms with Gasteiger partial charge in [-0.2, -0.15) is 0 Å². The second-order valence-corrected chi connectivity index (χ2v) is 33.8. The molecule has 2 unspecified atom stereocenters. The lowest BCUT2D eigenvalue weighted by atomic mass is 10.0. The highest BCUT2D eigenvalue weighted by atomic mass is 31.2. The van der Waals surface area contributed by atoms with Crippen molar-refractivity contribution in [2.24, 2.45) is 0 Å². The fraction of sp³-hybridized carbons (Fsp3) is 0.953. The van der Waals surface area contributed by atoms with Gasteiger partial charge in [0.2, 0.25) is 0 Å². The van der Waals surface area contributed by atoms with Gasteiger partial charge in [0.05, 0.1) is 26.4 Å². The van der Waals surface area contributed by atoms with Crippen molar-refractivity contribution in [1.82, 2.24) is 0 Å². The van der Waals surface area contributed by atoms with Crippen LogP contribution in [0.1, 0.15) is 471 Å². The van der Waals surface area contributed by atoms with Gasteiger partial charge in [-0.15, -0.1) is 0 Å². The maximum Gasteiger partial charge on any atom is 0.472 e. The van der Waals surface area contributed by atoms with Gasteiger partial charge in [0.1, 0.15) is 19.3 Å². The second-order valence-electron chi connectivity index (χ2n) is 30.9. The zero-order valence-electron chi connectivity index (χ0n) is 68.7. The Balaban J connectivity index is 5.25. The van der Waals surface area contributed by atoms with E-state index in [1.54, 1.807) is 0 Å². The first-order valence-corrected chi connectivity index (χ1v) is 47.8. The van der Waals surface area contributed by atoms with Gasteiger partial charge in [-0.05, 0) is 25.7 Å². The highest BCUT2D eigenvalue weighted by Gasteiger charge is 2.30. The Kier molecular flexibility index (Phi) is 78.6. The minimum absolute atomic E-state index is 0.109. The van der Waals surface area contributed by atoms with Crippen molar-refractivity contribution in [2.45, 2.75) is 489 Å². The first-order chi connectivity index (χ1) is 51.2. The molecule has 0 heterocycles. The van der Waals surface area contributed by atoms with Gasteiger partial charge < -0.3 is 33.8 Å². The molecule has 5 atom stereocenters. The van der Waals surface area contributed by atoms with E-state index >= 15 is 0 Å². The molecule has 3 N–H and O–H groups in total. The summed E-state index contributed by atoms with van der Waals surface area (Å²) in [5.41, 5.74) is 0. The van der Waals surface area contributed by atoms with E-state index in [0.717, 1.165) is 89.9 Å². The molecular formula is C86H168O17P2. The smallest absolute Gasteiger partial charge is 0.462 e. The lowest BCUT2D eigenvalue weighted by Gasteiger charge is -2.21. The lowest BCUT2D eigenvalue weighted by molar-refractivity contribution is -0.161. The number of esters is 4. The summed E-state index contributed by atoms with van der Waals surface area (Å²) in [7, 11) is -9.93. The number of aliphatic hydroxyl groups is 1. The van der Waals surface area contributed by atoms with Gasteiger partial charge in [0.25, 0.3) is 0 Å². The summed E-state index contributed by atoms with van der Waals surface area (Å²) in [6.45, 7) is 5.07. The zero-order chi connectivity index (χ0) is 76.7. The molecule has 0 spiro atoms. The average Bonchev–Trinajstić information content (AvgIpc) is 1.21. The maximum atomic E-state index is 13.2. The Bertz CT molecular complexity index is 1980. The van der Waals surface area contributed by atoms with Gasteiger partial charge in [0, 0.05) is 25.7 Å². The average molecular weight is 1540 g/mol. The largest absolute Gasteiger partial charge is 0.472 e. The number of ether oxygens (including phenoxy) is 4. The van der Waals surface area contributed by atoms with Crippen LogP contribution >= 0.6 is 15.6 Å². The molecule has 0 aromatic carbocycles. The van der Waals surface area contributed by atoms with Crippen molar-refractivity contribution < 1.29 is 80.2 Å². The second kappa shape index (κ2) is 80.1. The van der Waals surface area contributed by atoms with Crippen LogP contribution in [0.2, 0.25) is 0 Å². The van der Waals surface area contributed by atoms with Gasteiger partial charge in [-0.1, -0.05) is 419 Å².